The summed E-state index contributed by atoms with van der Waals surface area (Å²) >= 11 is 0. The number of nitrogens with zero attached hydrogens (tertiary/aromatic N) is 1. The molecule has 2 heterocycles. The Labute approximate surface area is 164 Å². The molecule has 0 aliphatic carbocycles. The summed E-state index contributed by atoms with van der Waals surface area (Å²) in [6.45, 7) is 2.63. The zero-order valence-corrected chi connectivity index (χ0v) is 15.8. The quantitative estimate of drug-likeness (QED) is 0.855. The summed E-state index contributed by atoms with van der Waals surface area (Å²) in [7, 11) is 0. The molecule has 6 heteroatoms. The van der Waals surface area contributed by atoms with Crippen molar-refractivity contribution in [1.82, 2.24) is 4.90 Å². The lowest BCUT2D eigenvalue weighted by atomic mass is 10.0. The van der Waals surface area contributed by atoms with Crippen LogP contribution < -0.4 is 14.8 Å². The number of fused-ring (bicyclic) bond motifs is 1. The van der Waals surface area contributed by atoms with Crippen molar-refractivity contribution in [2.24, 2.45) is 0 Å². The highest BCUT2D eigenvalue weighted by Gasteiger charge is 2.24. The van der Waals surface area contributed by atoms with Gasteiger partial charge in [0.25, 0.3) is 0 Å². The highest BCUT2D eigenvalue weighted by molar-refractivity contribution is 5.76. The fourth-order valence-corrected chi connectivity index (χ4v) is 3.75. The van der Waals surface area contributed by atoms with Gasteiger partial charge in [0.2, 0.25) is 5.91 Å². The van der Waals surface area contributed by atoms with Crippen molar-refractivity contribution < 1.29 is 18.7 Å². The molecule has 0 aromatic heterocycles. The van der Waals surface area contributed by atoms with E-state index in [4.69, 9.17) is 9.47 Å². The van der Waals surface area contributed by atoms with E-state index in [-0.39, 0.29) is 17.8 Å². The molecule has 0 radical (unpaired) electrons. The van der Waals surface area contributed by atoms with E-state index in [0.717, 1.165) is 42.1 Å². The van der Waals surface area contributed by atoms with Crippen LogP contribution in [0.4, 0.5) is 10.1 Å². The average molecular weight is 384 g/mol. The summed E-state index contributed by atoms with van der Waals surface area (Å²) in [5.74, 6) is 1.44. The van der Waals surface area contributed by atoms with E-state index in [2.05, 4.69) is 5.32 Å². The van der Waals surface area contributed by atoms with Crippen LogP contribution in [0.3, 0.4) is 0 Å². The summed E-state index contributed by atoms with van der Waals surface area (Å²) in [5.41, 5.74) is 1.97. The minimum atomic E-state index is -0.251. The van der Waals surface area contributed by atoms with Crippen LogP contribution in [0.15, 0.2) is 42.5 Å². The van der Waals surface area contributed by atoms with Gasteiger partial charge >= 0.3 is 0 Å². The Balaban J connectivity index is 1.31. The SMILES string of the molecule is O=C(CCc1ccc(F)cc1)N1CCCC(Nc2ccc3c(c2)OCCO3)C1. The van der Waals surface area contributed by atoms with Gasteiger partial charge in [-0.2, -0.15) is 0 Å². The van der Waals surface area contributed by atoms with Crippen molar-refractivity contribution in [3.05, 3.63) is 53.8 Å². The number of amides is 1. The predicted molar refractivity (Wildman–Crippen MR) is 105 cm³/mol. The van der Waals surface area contributed by atoms with E-state index in [0.29, 0.717) is 32.6 Å². The third kappa shape index (κ3) is 4.55. The summed E-state index contributed by atoms with van der Waals surface area (Å²) in [5, 5.41) is 3.52. The molecule has 2 aliphatic heterocycles. The standard InChI is InChI=1S/C22H25FN2O3/c23-17-6-3-16(4-7-17)5-10-22(26)25-11-1-2-19(15-25)24-18-8-9-20-21(14-18)28-13-12-27-20/h3-4,6-9,14,19,24H,1-2,5,10-13,15H2. The lowest BCUT2D eigenvalue weighted by Gasteiger charge is -2.34. The number of anilines is 1. The van der Waals surface area contributed by atoms with Crippen LogP contribution in [0.1, 0.15) is 24.8 Å². The van der Waals surface area contributed by atoms with E-state index in [1.165, 1.54) is 12.1 Å². The third-order valence-electron chi connectivity index (χ3n) is 5.23. The maximum Gasteiger partial charge on any atom is 0.222 e. The maximum absolute atomic E-state index is 13.0. The van der Waals surface area contributed by atoms with Gasteiger partial charge in [0.15, 0.2) is 11.5 Å². The molecule has 1 unspecified atom stereocenters. The first-order chi connectivity index (χ1) is 13.7. The van der Waals surface area contributed by atoms with Crippen LogP contribution in [-0.4, -0.2) is 43.2 Å². The Morgan fingerprint density at radius 3 is 2.71 bits per heavy atom. The second kappa shape index (κ2) is 8.50. The van der Waals surface area contributed by atoms with Crippen LogP contribution in [0.25, 0.3) is 0 Å². The summed E-state index contributed by atoms with van der Waals surface area (Å²) in [4.78, 5) is 14.5. The summed E-state index contributed by atoms with van der Waals surface area (Å²) < 4.78 is 24.2. The van der Waals surface area contributed by atoms with Crippen LogP contribution in [0.5, 0.6) is 11.5 Å². The highest BCUT2D eigenvalue weighted by atomic mass is 19.1. The van der Waals surface area contributed by atoms with Crippen LogP contribution in [0, 0.1) is 5.82 Å². The molecular formula is C22H25FN2O3. The molecule has 2 aliphatic rings. The molecule has 28 heavy (non-hydrogen) atoms. The smallest absolute Gasteiger partial charge is 0.222 e. The summed E-state index contributed by atoms with van der Waals surface area (Å²) in [6, 6.07) is 12.4. The second-order valence-electron chi connectivity index (χ2n) is 7.31. The molecule has 2 aromatic rings. The first-order valence-corrected chi connectivity index (χ1v) is 9.86. The monoisotopic (exact) mass is 384 g/mol. The Morgan fingerprint density at radius 2 is 1.89 bits per heavy atom. The third-order valence-corrected chi connectivity index (χ3v) is 5.23. The highest BCUT2D eigenvalue weighted by Crippen LogP contribution is 2.33. The fraction of sp³-hybridized carbons (Fsp3) is 0.409. The number of benzene rings is 2. The Kier molecular flexibility index (Phi) is 5.65. The molecule has 0 saturated carbocycles. The molecule has 1 amide bonds. The van der Waals surface area contributed by atoms with Crippen molar-refractivity contribution in [3.8, 4) is 11.5 Å². The van der Waals surface area contributed by atoms with Gasteiger partial charge in [-0.25, -0.2) is 4.39 Å². The largest absolute Gasteiger partial charge is 0.486 e. The number of halogens is 1. The second-order valence-corrected chi connectivity index (χ2v) is 7.31. The van der Waals surface area contributed by atoms with Gasteiger partial charge in [-0.05, 0) is 49.1 Å². The molecule has 1 atom stereocenters. The predicted octanol–water partition coefficient (Wildman–Crippen LogP) is 3.63. The van der Waals surface area contributed by atoms with Crippen LogP contribution in [0.2, 0.25) is 0 Å². The first-order valence-electron chi connectivity index (χ1n) is 9.86. The molecule has 0 bridgehead atoms. The van der Waals surface area contributed by atoms with Gasteiger partial charge in [0.1, 0.15) is 19.0 Å². The number of rotatable bonds is 5. The Morgan fingerprint density at radius 1 is 1.11 bits per heavy atom. The molecule has 5 nitrogen and oxygen atoms in total. The Hall–Kier alpha value is -2.76. The number of nitrogens with one attached hydrogen (secondary N) is 1. The maximum atomic E-state index is 13.0. The number of ether oxygens (including phenoxy) is 2. The minimum Gasteiger partial charge on any atom is -0.486 e. The first kappa shape index (κ1) is 18.6. The van der Waals surface area contributed by atoms with Gasteiger partial charge in [0.05, 0.1) is 0 Å². The lowest BCUT2D eigenvalue weighted by molar-refractivity contribution is -0.132. The molecular weight excluding hydrogens is 359 g/mol. The van der Waals surface area contributed by atoms with E-state index in [1.54, 1.807) is 12.1 Å². The zero-order chi connectivity index (χ0) is 19.3. The van der Waals surface area contributed by atoms with Crippen LogP contribution in [-0.2, 0) is 11.2 Å². The molecule has 2 aromatic carbocycles. The van der Waals surface area contributed by atoms with Crippen molar-refractivity contribution >= 4 is 11.6 Å². The van der Waals surface area contributed by atoms with E-state index < -0.39 is 0 Å². The van der Waals surface area contributed by atoms with E-state index in [1.807, 2.05) is 23.1 Å². The minimum absolute atomic E-state index is 0.151. The topological polar surface area (TPSA) is 50.8 Å². The molecule has 4 rings (SSSR count). The molecule has 0 spiro atoms. The number of likely N-dealkylation sites (tertiary alicyclic amines) is 1. The number of hydrogen-bond donors (Lipinski definition) is 1. The fourth-order valence-electron chi connectivity index (χ4n) is 3.75. The van der Waals surface area contributed by atoms with Gasteiger partial charge in [-0.1, -0.05) is 12.1 Å². The average Bonchev–Trinajstić information content (AvgIpc) is 2.73. The molecule has 1 N–H and O–H groups in total. The number of piperidine rings is 1. The molecule has 148 valence electrons. The van der Waals surface area contributed by atoms with Crippen molar-refractivity contribution in [2.75, 3.05) is 31.6 Å². The summed E-state index contributed by atoms with van der Waals surface area (Å²) in [6.07, 6.45) is 3.08. The Bertz CT molecular complexity index is 825. The molecule has 1 saturated heterocycles. The van der Waals surface area contributed by atoms with Crippen molar-refractivity contribution in [3.63, 3.8) is 0 Å². The van der Waals surface area contributed by atoms with Crippen LogP contribution >= 0.6 is 0 Å². The van der Waals surface area contributed by atoms with Crippen molar-refractivity contribution in [1.29, 1.82) is 0 Å². The normalized spacial score (nSPS) is 18.6. The number of hydrogen-bond acceptors (Lipinski definition) is 4. The molecule has 1 fully saturated rings. The van der Waals surface area contributed by atoms with Gasteiger partial charge in [0, 0.05) is 37.3 Å². The number of carbonyl (C=O) groups excluding carboxylic acids is 1. The van der Waals surface area contributed by atoms with Gasteiger partial charge in [-0.15, -0.1) is 0 Å². The number of carbonyl (C=O) groups is 1. The van der Waals surface area contributed by atoms with Gasteiger partial charge in [-0.3, -0.25) is 4.79 Å². The van der Waals surface area contributed by atoms with Gasteiger partial charge < -0.3 is 19.7 Å². The van der Waals surface area contributed by atoms with E-state index in [9.17, 15) is 9.18 Å². The van der Waals surface area contributed by atoms with Crippen molar-refractivity contribution in [2.45, 2.75) is 31.7 Å². The number of aryl methyl sites for hydroxylation is 1. The lowest BCUT2D eigenvalue weighted by Crippen LogP contribution is -2.45. The van der Waals surface area contributed by atoms with E-state index >= 15 is 0 Å². The zero-order valence-electron chi connectivity index (χ0n) is 15.8.